The van der Waals surface area contributed by atoms with Crippen molar-refractivity contribution in [2.75, 3.05) is 44.9 Å². The number of nitrogens with zero attached hydrogens (tertiary/aromatic N) is 4. The number of benzene rings is 2. The van der Waals surface area contributed by atoms with E-state index in [1.807, 2.05) is 24.3 Å². The van der Waals surface area contributed by atoms with Crippen LogP contribution in [-0.4, -0.2) is 59.8 Å². The standard InChI is InChI=1S/C25H29N5O3/c1-31-22-4-2-3-19(13-22)15-30(16-20-5-6-23-24(14-20)27-18-26-23)25-28-21(17-33-25)7-8-29-9-11-32-12-10-29/h2-6,13-14,17-18H,7-12,15-16H2,1H3,(H,26,27). The van der Waals surface area contributed by atoms with Crippen LogP contribution in [0.15, 0.2) is 59.5 Å². The van der Waals surface area contributed by atoms with Gasteiger partial charge < -0.3 is 23.8 Å². The fourth-order valence-corrected chi connectivity index (χ4v) is 4.14. The molecule has 172 valence electrons. The highest BCUT2D eigenvalue weighted by molar-refractivity contribution is 5.75. The molecule has 8 heteroatoms. The number of methoxy groups -OCH3 is 1. The zero-order valence-electron chi connectivity index (χ0n) is 18.9. The van der Waals surface area contributed by atoms with E-state index in [4.69, 9.17) is 18.9 Å². The molecule has 1 fully saturated rings. The van der Waals surface area contributed by atoms with E-state index >= 15 is 0 Å². The van der Waals surface area contributed by atoms with Gasteiger partial charge in [0.15, 0.2) is 0 Å². The van der Waals surface area contributed by atoms with E-state index in [1.165, 1.54) is 0 Å². The minimum atomic E-state index is 0.625. The number of aromatic nitrogens is 3. The summed E-state index contributed by atoms with van der Waals surface area (Å²) in [5.41, 5.74) is 5.23. The predicted octanol–water partition coefficient (Wildman–Crippen LogP) is 3.64. The van der Waals surface area contributed by atoms with Crippen LogP contribution in [0.25, 0.3) is 11.0 Å². The van der Waals surface area contributed by atoms with Crippen LogP contribution < -0.4 is 9.64 Å². The molecule has 0 bridgehead atoms. The van der Waals surface area contributed by atoms with Crippen LogP contribution in [0.4, 0.5) is 6.01 Å². The summed E-state index contributed by atoms with van der Waals surface area (Å²) in [6.07, 6.45) is 4.36. The van der Waals surface area contributed by atoms with Crippen molar-refractivity contribution < 1.29 is 13.9 Å². The van der Waals surface area contributed by atoms with Crippen LogP contribution in [0.1, 0.15) is 16.8 Å². The summed E-state index contributed by atoms with van der Waals surface area (Å²) in [5, 5.41) is 0. The van der Waals surface area contributed by atoms with Gasteiger partial charge in [0, 0.05) is 39.1 Å². The lowest BCUT2D eigenvalue weighted by Crippen LogP contribution is -2.37. The van der Waals surface area contributed by atoms with Gasteiger partial charge in [-0.05, 0) is 35.4 Å². The number of morpholine rings is 1. The summed E-state index contributed by atoms with van der Waals surface area (Å²) in [6, 6.07) is 15.0. The number of anilines is 1. The molecular weight excluding hydrogens is 418 g/mol. The number of fused-ring (bicyclic) bond motifs is 1. The molecule has 0 unspecified atom stereocenters. The number of H-pyrrole nitrogens is 1. The van der Waals surface area contributed by atoms with Gasteiger partial charge in [0.05, 0.1) is 43.4 Å². The quantitative estimate of drug-likeness (QED) is 0.420. The smallest absolute Gasteiger partial charge is 0.298 e. The van der Waals surface area contributed by atoms with E-state index in [-0.39, 0.29) is 0 Å². The number of ether oxygens (including phenoxy) is 2. The molecular formula is C25H29N5O3. The molecule has 5 rings (SSSR count). The van der Waals surface area contributed by atoms with Crippen LogP contribution in [0.3, 0.4) is 0 Å². The maximum Gasteiger partial charge on any atom is 0.298 e. The van der Waals surface area contributed by atoms with Crippen molar-refractivity contribution in [3.05, 3.63) is 71.9 Å². The van der Waals surface area contributed by atoms with Crippen molar-refractivity contribution in [3.63, 3.8) is 0 Å². The van der Waals surface area contributed by atoms with Crippen molar-refractivity contribution in [1.82, 2.24) is 19.9 Å². The summed E-state index contributed by atoms with van der Waals surface area (Å²) < 4.78 is 16.8. The van der Waals surface area contributed by atoms with Crippen molar-refractivity contribution in [3.8, 4) is 5.75 Å². The van der Waals surface area contributed by atoms with E-state index in [0.29, 0.717) is 19.1 Å². The van der Waals surface area contributed by atoms with E-state index in [1.54, 1.807) is 19.7 Å². The van der Waals surface area contributed by atoms with E-state index in [2.05, 4.69) is 38.0 Å². The molecule has 0 aliphatic carbocycles. The molecule has 3 heterocycles. The zero-order valence-corrected chi connectivity index (χ0v) is 18.9. The van der Waals surface area contributed by atoms with Crippen LogP contribution in [-0.2, 0) is 24.2 Å². The van der Waals surface area contributed by atoms with Gasteiger partial charge in [-0.2, -0.15) is 4.98 Å². The summed E-state index contributed by atoms with van der Waals surface area (Å²) in [6.45, 7) is 5.84. The second-order valence-corrected chi connectivity index (χ2v) is 8.29. The molecule has 1 aliphatic rings. The summed E-state index contributed by atoms with van der Waals surface area (Å²) >= 11 is 0. The lowest BCUT2D eigenvalue weighted by Gasteiger charge is -2.26. The van der Waals surface area contributed by atoms with Crippen LogP contribution in [0.5, 0.6) is 5.75 Å². The summed E-state index contributed by atoms with van der Waals surface area (Å²) in [5.74, 6) is 0.838. The van der Waals surface area contributed by atoms with Crippen molar-refractivity contribution >= 4 is 17.0 Å². The molecule has 33 heavy (non-hydrogen) atoms. The van der Waals surface area contributed by atoms with Crippen LogP contribution in [0, 0.1) is 0 Å². The first-order chi connectivity index (χ1) is 16.3. The Morgan fingerprint density at radius 1 is 1.09 bits per heavy atom. The fourth-order valence-electron chi connectivity index (χ4n) is 4.14. The highest BCUT2D eigenvalue weighted by atomic mass is 16.5. The lowest BCUT2D eigenvalue weighted by molar-refractivity contribution is 0.0383. The van der Waals surface area contributed by atoms with E-state index in [9.17, 15) is 0 Å². The number of hydrogen-bond donors (Lipinski definition) is 1. The SMILES string of the molecule is COc1cccc(CN(Cc2ccc3nc[nH]c3c2)c2nc(CCN3CCOCC3)co2)c1. The Hall–Kier alpha value is -3.36. The maximum absolute atomic E-state index is 5.96. The Bertz CT molecular complexity index is 1180. The zero-order chi connectivity index (χ0) is 22.5. The Labute approximate surface area is 193 Å². The topological polar surface area (TPSA) is 79.7 Å². The number of rotatable bonds is 9. The van der Waals surface area contributed by atoms with E-state index < -0.39 is 0 Å². The molecule has 0 radical (unpaired) electrons. The molecule has 0 saturated carbocycles. The summed E-state index contributed by atoms with van der Waals surface area (Å²) in [7, 11) is 1.69. The number of aromatic amines is 1. The van der Waals surface area contributed by atoms with E-state index in [0.717, 1.165) is 72.9 Å². The van der Waals surface area contributed by atoms with Gasteiger partial charge in [0.25, 0.3) is 6.01 Å². The van der Waals surface area contributed by atoms with Crippen molar-refractivity contribution in [2.45, 2.75) is 19.5 Å². The predicted molar refractivity (Wildman–Crippen MR) is 126 cm³/mol. The van der Waals surface area contributed by atoms with Gasteiger partial charge in [0.1, 0.15) is 12.0 Å². The second-order valence-electron chi connectivity index (χ2n) is 8.29. The molecule has 0 spiro atoms. The Kier molecular flexibility index (Phi) is 6.55. The molecule has 4 aromatic rings. The second kappa shape index (κ2) is 10.1. The minimum absolute atomic E-state index is 0.625. The normalized spacial score (nSPS) is 14.6. The highest BCUT2D eigenvalue weighted by Gasteiger charge is 2.17. The number of hydrogen-bond acceptors (Lipinski definition) is 7. The van der Waals surface area contributed by atoms with Gasteiger partial charge in [-0.15, -0.1) is 0 Å². The Morgan fingerprint density at radius 2 is 1.94 bits per heavy atom. The third-order valence-corrected chi connectivity index (χ3v) is 5.96. The summed E-state index contributed by atoms with van der Waals surface area (Å²) in [4.78, 5) is 16.9. The van der Waals surface area contributed by atoms with Crippen LogP contribution in [0.2, 0.25) is 0 Å². The van der Waals surface area contributed by atoms with Gasteiger partial charge in [0.2, 0.25) is 0 Å². The number of oxazole rings is 1. The molecule has 8 nitrogen and oxygen atoms in total. The maximum atomic E-state index is 5.96. The largest absolute Gasteiger partial charge is 0.497 e. The Balaban J connectivity index is 1.35. The number of nitrogens with one attached hydrogen (secondary N) is 1. The van der Waals surface area contributed by atoms with Gasteiger partial charge in [-0.25, -0.2) is 4.98 Å². The molecule has 1 saturated heterocycles. The molecule has 0 atom stereocenters. The molecule has 2 aromatic heterocycles. The lowest BCUT2D eigenvalue weighted by atomic mass is 10.1. The highest BCUT2D eigenvalue weighted by Crippen LogP contribution is 2.23. The average Bonchev–Trinajstić information content (AvgIpc) is 3.52. The van der Waals surface area contributed by atoms with Gasteiger partial charge >= 0.3 is 0 Å². The monoisotopic (exact) mass is 447 g/mol. The first kappa shape index (κ1) is 21.5. The fraction of sp³-hybridized carbons (Fsp3) is 0.360. The minimum Gasteiger partial charge on any atom is -0.497 e. The van der Waals surface area contributed by atoms with Gasteiger partial charge in [-0.3, -0.25) is 4.90 Å². The Morgan fingerprint density at radius 3 is 2.79 bits per heavy atom. The van der Waals surface area contributed by atoms with Crippen LogP contribution >= 0.6 is 0 Å². The molecule has 2 aromatic carbocycles. The van der Waals surface area contributed by atoms with Gasteiger partial charge in [-0.1, -0.05) is 18.2 Å². The molecule has 0 amide bonds. The van der Waals surface area contributed by atoms with Crippen molar-refractivity contribution in [1.29, 1.82) is 0 Å². The van der Waals surface area contributed by atoms with Crippen molar-refractivity contribution in [2.24, 2.45) is 0 Å². The molecule has 1 N–H and O–H groups in total. The molecule has 1 aliphatic heterocycles. The third-order valence-electron chi connectivity index (χ3n) is 5.96. The third kappa shape index (κ3) is 5.35. The number of imidazole rings is 1. The first-order valence-corrected chi connectivity index (χ1v) is 11.3. The average molecular weight is 448 g/mol. The first-order valence-electron chi connectivity index (χ1n) is 11.3.